The van der Waals surface area contributed by atoms with Gasteiger partial charge in [-0.25, -0.2) is 0 Å². The van der Waals surface area contributed by atoms with Crippen LogP contribution in [0.25, 0.3) is 0 Å². The minimum Gasteiger partial charge on any atom is -0.481 e. The zero-order valence-electron chi connectivity index (χ0n) is 11.2. The standard InChI is InChI=1S/C16H21NO.ClH/c1-2-12-18-16-10-8-14(9-11-16)13-17-15-6-4-3-5-7-15;/h1,8-11,15,17H,3-7,12-13H2;1H. The van der Waals surface area contributed by atoms with E-state index in [1.54, 1.807) is 0 Å². The van der Waals surface area contributed by atoms with Gasteiger partial charge in [-0.2, -0.15) is 0 Å². The van der Waals surface area contributed by atoms with Crippen LogP contribution >= 0.6 is 12.4 Å². The molecular weight excluding hydrogens is 258 g/mol. The maximum absolute atomic E-state index is 5.35. The second-order valence-corrected chi connectivity index (χ2v) is 4.85. The van der Waals surface area contributed by atoms with Crippen LogP contribution in [0.2, 0.25) is 0 Å². The van der Waals surface area contributed by atoms with Crippen molar-refractivity contribution in [2.24, 2.45) is 0 Å². The van der Waals surface area contributed by atoms with Crippen molar-refractivity contribution in [3.63, 3.8) is 0 Å². The number of benzene rings is 1. The third-order valence-corrected chi connectivity index (χ3v) is 3.45. The van der Waals surface area contributed by atoms with Gasteiger partial charge in [-0.3, -0.25) is 0 Å². The summed E-state index contributed by atoms with van der Waals surface area (Å²) < 4.78 is 5.35. The Morgan fingerprint density at radius 3 is 2.47 bits per heavy atom. The second-order valence-electron chi connectivity index (χ2n) is 4.85. The van der Waals surface area contributed by atoms with Crippen LogP contribution in [0.1, 0.15) is 37.7 Å². The van der Waals surface area contributed by atoms with Crippen LogP contribution in [0, 0.1) is 12.3 Å². The topological polar surface area (TPSA) is 21.3 Å². The summed E-state index contributed by atoms with van der Waals surface area (Å²) >= 11 is 0. The van der Waals surface area contributed by atoms with Gasteiger partial charge in [0.1, 0.15) is 12.4 Å². The van der Waals surface area contributed by atoms with Crippen LogP contribution in [0.4, 0.5) is 0 Å². The molecule has 1 aromatic rings. The number of hydrogen-bond donors (Lipinski definition) is 1. The van der Waals surface area contributed by atoms with Crippen molar-refractivity contribution in [3.05, 3.63) is 29.8 Å². The van der Waals surface area contributed by atoms with E-state index in [0.717, 1.165) is 12.3 Å². The average Bonchev–Trinajstić information content (AvgIpc) is 2.45. The molecule has 0 unspecified atom stereocenters. The Morgan fingerprint density at radius 1 is 1.16 bits per heavy atom. The maximum Gasteiger partial charge on any atom is 0.148 e. The van der Waals surface area contributed by atoms with E-state index in [-0.39, 0.29) is 12.4 Å². The first kappa shape index (κ1) is 15.9. The number of rotatable bonds is 5. The highest BCUT2D eigenvalue weighted by atomic mass is 35.5. The third-order valence-electron chi connectivity index (χ3n) is 3.45. The molecule has 0 aliphatic heterocycles. The van der Waals surface area contributed by atoms with Gasteiger partial charge in [0.25, 0.3) is 0 Å². The van der Waals surface area contributed by atoms with E-state index < -0.39 is 0 Å². The Kier molecular flexibility index (Phi) is 7.40. The van der Waals surface area contributed by atoms with Crippen LogP contribution < -0.4 is 10.1 Å². The van der Waals surface area contributed by atoms with Crippen LogP contribution in [0.15, 0.2) is 24.3 Å². The van der Waals surface area contributed by atoms with Crippen LogP contribution in [0.5, 0.6) is 5.75 Å². The molecule has 104 valence electrons. The number of halogens is 1. The molecule has 3 heteroatoms. The Labute approximate surface area is 122 Å². The summed E-state index contributed by atoms with van der Waals surface area (Å²) in [4.78, 5) is 0. The van der Waals surface area contributed by atoms with Crippen molar-refractivity contribution in [3.8, 4) is 18.1 Å². The van der Waals surface area contributed by atoms with Gasteiger partial charge in [-0.1, -0.05) is 37.3 Å². The predicted molar refractivity (Wildman–Crippen MR) is 81.7 cm³/mol. The largest absolute Gasteiger partial charge is 0.481 e. The Bertz CT molecular complexity index is 390. The van der Waals surface area contributed by atoms with E-state index in [9.17, 15) is 0 Å². The van der Waals surface area contributed by atoms with E-state index in [1.165, 1.54) is 37.7 Å². The van der Waals surface area contributed by atoms with E-state index in [1.807, 2.05) is 12.1 Å². The van der Waals surface area contributed by atoms with Gasteiger partial charge >= 0.3 is 0 Å². The maximum atomic E-state index is 5.35. The molecule has 0 radical (unpaired) electrons. The van der Waals surface area contributed by atoms with E-state index in [0.29, 0.717) is 12.6 Å². The van der Waals surface area contributed by atoms with Crippen LogP contribution in [-0.2, 0) is 6.54 Å². The lowest BCUT2D eigenvalue weighted by atomic mass is 9.95. The molecule has 1 aromatic carbocycles. The normalized spacial score (nSPS) is 15.3. The molecular formula is C16H22ClNO. The van der Waals surface area contributed by atoms with Gasteiger partial charge in [0, 0.05) is 12.6 Å². The van der Waals surface area contributed by atoms with Gasteiger partial charge in [-0.05, 0) is 30.5 Å². The minimum absolute atomic E-state index is 0. The summed E-state index contributed by atoms with van der Waals surface area (Å²) in [5, 5.41) is 3.63. The highest BCUT2D eigenvalue weighted by Gasteiger charge is 2.12. The monoisotopic (exact) mass is 279 g/mol. The Morgan fingerprint density at radius 2 is 1.84 bits per heavy atom. The molecule has 1 N–H and O–H groups in total. The fraction of sp³-hybridized carbons (Fsp3) is 0.500. The zero-order chi connectivity index (χ0) is 12.6. The first-order valence-corrected chi connectivity index (χ1v) is 6.77. The first-order valence-electron chi connectivity index (χ1n) is 6.77. The molecule has 2 rings (SSSR count). The van der Waals surface area contributed by atoms with Crippen LogP contribution in [0.3, 0.4) is 0 Å². The molecule has 1 saturated carbocycles. The van der Waals surface area contributed by atoms with Gasteiger partial charge in [-0.15, -0.1) is 18.8 Å². The van der Waals surface area contributed by atoms with Crippen molar-refractivity contribution < 1.29 is 4.74 Å². The summed E-state index contributed by atoms with van der Waals surface area (Å²) in [6, 6.07) is 8.87. The molecule has 0 heterocycles. The smallest absolute Gasteiger partial charge is 0.148 e. The second kappa shape index (κ2) is 8.85. The van der Waals surface area contributed by atoms with Gasteiger partial charge in [0.05, 0.1) is 0 Å². The quantitative estimate of drug-likeness (QED) is 0.833. The lowest BCUT2D eigenvalue weighted by molar-refractivity contribution is 0.368. The molecule has 2 nitrogen and oxygen atoms in total. The summed E-state index contributed by atoms with van der Waals surface area (Å²) in [6.45, 7) is 1.28. The van der Waals surface area contributed by atoms with E-state index in [4.69, 9.17) is 11.2 Å². The number of ether oxygens (including phenoxy) is 1. The Hall–Kier alpha value is -1.17. The van der Waals surface area contributed by atoms with Crippen molar-refractivity contribution in [1.29, 1.82) is 0 Å². The SMILES string of the molecule is C#CCOc1ccc(CNC2CCCCC2)cc1.Cl. The summed E-state index contributed by atoms with van der Waals surface area (Å²) in [5.74, 6) is 3.31. The fourth-order valence-corrected chi connectivity index (χ4v) is 2.40. The van der Waals surface area contributed by atoms with Gasteiger partial charge in [0.2, 0.25) is 0 Å². The predicted octanol–water partition coefficient (Wildman–Crippen LogP) is 3.54. The van der Waals surface area contributed by atoms with Crippen molar-refractivity contribution in [2.75, 3.05) is 6.61 Å². The molecule has 19 heavy (non-hydrogen) atoms. The molecule has 1 fully saturated rings. The molecule has 0 aromatic heterocycles. The molecule has 0 spiro atoms. The molecule has 0 atom stereocenters. The Balaban J connectivity index is 0.00000180. The van der Waals surface area contributed by atoms with E-state index >= 15 is 0 Å². The van der Waals surface area contributed by atoms with Crippen LogP contribution in [-0.4, -0.2) is 12.6 Å². The molecule has 0 amide bonds. The molecule has 1 aliphatic rings. The zero-order valence-corrected chi connectivity index (χ0v) is 12.0. The van der Waals surface area contributed by atoms with Crippen molar-refractivity contribution >= 4 is 12.4 Å². The van der Waals surface area contributed by atoms with Gasteiger partial charge < -0.3 is 10.1 Å². The van der Waals surface area contributed by atoms with Crippen molar-refractivity contribution in [2.45, 2.75) is 44.7 Å². The fourth-order valence-electron chi connectivity index (χ4n) is 2.40. The highest BCUT2D eigenvalue weighted by molar-refractivity contribution is 5.85. The number of nitrogens with one attached hydrogen (secondary N) is 1. The van der Waals surface area contributed by atoms with Crippen molar-refractivity contribution in [1.82, 2.24) is 5.32 Å². The molecule has 0 saturated heterocycles. The highest BCUT2D eigenvalue weighted by Crippen LogP contribution is 2.18. The van der Waals surface area contributed by atoms with E-state index in [2.05, 4.69) is 23.4 Å². The number of hydrogen-bond acceptors (Lipinski definition) is 2. The summed E-state index contributed by atoms with van der Waals surface area (Å²) in [5.41, 5.74) is 1.30. The first-order chi connectivity index (χ1) is 8.88. The summed E-state index contributed by atoms with van der Waals surface area (Å²) in [7, 11) is 0. The molecule has 0 bridgehead atoms. The van der Waals surface area contributed by atoms with Gasteiger partial charge in [0.15, 0.2) is 0 Å². The lowest BCUT2D eigenvalue weighted by Gasteiger charge is -2.22. The third kappa shape index (κ3) is 5.55. The molecule has 1 aliphatic carbocycles. The number of terminal acetylenes is 1. The lowest BCUT2D eigenvalue weighted by Crippen LogP contribution is -2.30. The minimum atomic E-state index is 0. The average molecular weight is 280 g/mol. The summed E-state index contributed by atoms with van der Waals surface area (Å²) in [6.07, 6.45) is 11.9.